The van der Waals surface area contributed by atoms with E-state index < -0.39 is 0 Å². The summed E-state index contributed by atoms with van der Waals surface area (Å²) in [6, 6.07) is 0.443. The molecule has 2 saturated carbocycles. The van der Waals surface area contributed by atoms with Crippen LogP contribution in [-0.4, -0.2) is 24.2 Å². The molecule has 2 aliphatic carbocycles. The Balaban J connectivity index is 1.69. The van der Waals surface area contributed by atoms with Crippen LogP contribution in [0.3, 0.4) is 0 Å². The van der Waals surface area contributed by atoms with Crippen LogP contribution in [0.25, 0.3) is 0 Å². The van der Waals surface area contributed by atoms with Crippen LogP contribution in [0.2, 0.25) is 0 Å². The van der Waals surface area contributed by atoms with Gasteiger partial charge in [-0.2, -0.15) is 0 Å². The van der Waals surface area contributed by atoms with Crippen molar-refractivity contribution in [2.24, 2.45) is 11.8 Å². The van der Waals surface area contributed by atoms with Gasteiger partial charge in [0, 0.05) is 13.0 Å². The van der Waals surface area contributed by atoms with Gasteiger partial charge in [-0.3, -0.25) is 4.79 Å². The largest absolute Gasteiger partial charge is 0.369 e. The van der Waals surface area contributed by atoms with Gasteiger partial charge in [0.05, 0.1) is 12.2 Å². The standard InChI is InChI=1S/C10H15NO2/c1-5(12)11-8-3-2-6-7(8)4-9-10(6)13-9/h6-10H,2-4H2,1H3,(H,11,12). The number of hydrogen-bond acceptors (Lipinski definition) is 2. The van der Waals surface area contributed by atoms with E-state index in [4.69, 9.17) is 4.74 Å². The first-order valence-electron chi connectivity index (χ1n) is 5.18. The van der Waals surface area contributed by atoms with E-state index in [1.807, 2.05) is 0 Å². The molecule has 5 unspecified atom stereocenters. The molecule has 3 aliphatic rings. The molecule has 5 atom stereocenters. The summed E-state index contributed by atoms with van der Waals surface area (Å²) in [5.74, 6) is 1.58. The summed E-state index contributed by atoms with van der Waals surface area (Å²) in [6.07, 6.45) is 4.69. The maximum atomic E-state index is 10.9. The number of fused-ring (bicyclic) bond motifs is 3. The molecule has 0 radical (unpaired) electrons. The van der Waals surface area contributed by atoms with Crippen LogP contribution in [0, 0.1) is 11.8 Å². The van der Waals surface area contributed by atoms with Crippen LogP contribution in [0.1, 0.15) is 26.2 Å². The molecular formula is C10H15NO2. The van der Waals surface area contributed by atoms with Crippen molar-refractivity contribution in [3.05, 3.63) is 0 Å². The van der Waals surface area contributed by atoms with Crippen LogP contribution in [0.4, 0.5) is 0 Å². The van der Waals surface area contributed by atoms with E-state index in [-0.39, 0.29) is 5.91 Å². The molecule has 3 nitrogen and oxygen atoms in total. The average Bonchev–Trinajstić information content (AvgIpc) is 2.56. The van der Waals surface area contributed by atoms with Crippen molar-refractivity contribution in [1.29, 1.82) is 0 Å². The van der Waals surface area contributed by atoms with Crippen molar-refractivity contribution < 1.29 is 9.53 Å². The van der Waals surface area contributed by atoms with E-state index in [2.05, 4.69) is 5.32 Å². The van der Waals surface area contributed by atoms with Gasteiger partial charge >= 0.3 is 0 Å². The Labute approximate surface area is 77.8 Å². The minimum Gasteiger partial charge on any atom is -0.369 e. The fraction of sp³-hybridized carbons (Fsp3) is 0.900. The molecule has 1 aliphatic heterocycles. The van der Waals surface area contributed by atoms with Crippen molar-refractivity contribution >= 4 is 5.91 Å². The van der Waals surface area contributed by atoms with Gasteiger partial charge in [0.2, 0.25) is 5.91 Å². The number of ether oxygens (including phenoxy) is 1. The van der Waals surface area contributed by atoms with Crippen molar-refractivity contribution in [3.8, 4) is 0 Å². The lowest BCUT2D eigenvalue weighted by Crippen LogP contribution is -2.36. The van der Waals surface area contributed by atoms with Crippen LogP contribution in [-0.2, 0) is 9.53 Å². The monoisotopic (exact) mass is 181 g/mol. The number of amides is 1. The molecule has 0 aromatic carbocycles. The Morgan fingerprint density at radius 1 is 1.38 bits per heavy atom. The summed E-state index contributed by atoms with van der Waals surface area (Å²) in [4.78, 5) is 10.9. The maximum absolute atomic E-state index is 10.9. The second-order valence-corrected chi connectivity index (χ2v) is 4.59. The molecule has 0 aromatic heterocycles. The summed E-state index contributed by atoms with van der Waals surface area (Å²) in [5.41, 5.74) is 0. The summed E-state index contributed by atoms with van der Waals surface area (Å²) >= 11 is 0. The highest BCUT2D eigenvalue weighted by atomic mass is 16.6. The minimum atomic E-state index is 0.118. The zero-order chi connectivity index (χ0) is 9.00. The summed E-state index contributed by atoms with van der Waals surface area (Å²) < 4.78 is 5.51. The Morgan fingerprint density at radius 3 is 3.00 bits per heavy atom. The lowest BCUT2D eigenvalue weighted by molar-refractivity contribution is -0.120. The second-order valence-electron chi connectivity index (χ2n) is 4.59. The van der Waals surface area contributed by atoms with Crippen molar-refractivity contribution in [2.75, 3.05) is 0 Å². The van der Waals surface area contributed by atoms with E-state index in [0.29, 0.717) is 24.2 Å². The molecule has 0 spiro atoms. The zero-order valence-electron chi connectivity index (χ0n) is 7.82. The molecule has 0 aromatic rings. The van der Waals surface area contributed by atoms with Crippen LogP contribution in [0.15, 0.2) is 0 Å². The number of nitrogens with one attached hydrogen (secondary N) is 1. The SMILES string of the molecule is CC(=O)NC1CCC2C1CC1OC12. The number of rotatable bonds is 1. The predicted octanol–water partition coefficient (Wildman–Crippen LogP) is 0.688. The molecule has 1 heterocycles. The molecule has 1 saturated heterocycles. The number of carbonyl (C=O) groups excluding carboxylic acids is 1. The Kier molecular flexibility index (Phi) is 1.48. The van der Waals surface area contributed by atoms with Gasteiger partial charge in [-0.1, -0.05) is 0 Å². The fourth-order valence-corrected chi connectivity index (χ4v) is 3.28. The third-order valence-corrected chi connectivity index (χ3v) is 3.81. The van der Waals surface area contributed by atoms with Crippen molar-refractivity contribution in [3.63, 3.8) is 0 Å². The van der Waals surface area contributed by atoms with Gasteiger partial charge in [0.1, 0.15) is 0 Å². The average molecular weight is 181 g/mol. The Morgan fingerprint density at radius 2 is 2.23 bits per heavy atom. The lowest BCUT2D eigenvalue weighted by atomic mass is 9.96. The minimum absolute atomic E-state index is 0.118. The molecule has 3 rings (SSSR count). The van der Waals surface area contributed by atoms with Gasteiger partial charge in [0.15, 0.2) is 0 Å². The number of epoxide rings is 1. The van der Waals surface area contributed by atoms with Crippen LogP contribution < -0.4 is 5.32 Å². The number of hydrogen-bond donors (Lipinski definition) is 1. The molecule has 3 heteroatoms. The van der Waals surface area contributed by atoms with Crippen LogP contribution in [0.5, 0.6) is 0 Å². The first kappa shape index (κ1) is 7.80. The van der Waals surface area contributed by atoms with Crippen molar-refractivity contribution in [1.82, 2.24) is 5.32 Å². The van der Waals surface area contributed by atoms with Gasteiger partial charge in [0.25, 0.3) is 0 Å². The molecule has 72 valence electrons. The summed E-state index contributed by atoms with van der Waals surface area (Å²) in [7, 11) is 0. The third kappa shape index (κ3) is 1.10. The fourth-order valence-electron chi connectivity index (χ4n) is 3.28. The van der Waals surface area contributed by atoms with Gasteiger partial charge in [-0.05, 0) is 31.1 Å². The van der Waals surface area contributed by atoms with Gasteiger partial charge in [-0.15, -0.1) is 0 Å². The zero-order valence-corrected chi connectivity index (χ0v) is 7.82. The molecule has 1 amide bonds. The molecule has 0 bridgehead atoms. The quantitative estimate of drug-likeness (QED) is 0.605. The highest BCUT2D eigenvalue weighted by Crippen LogP contribution is 2.54. The molecular weight excluding hydrogens is 166 g/mol. The van der Waals surface area contributed by atoms with E-state index >= 15 is 0 Å². The Bertz CT molecular complexity index is 253. The lowest BCUT2D eigenvalue weighted by Gasteiger charge is -2.20. The maximum Gasteiger partial charge on any atom is 0.217 e. The van der Waals surface area contributed by atoms with Gasteiger partial charge in [-0.25, -0.2) is 0 Å². The van der Waals surface area contributed by atoms with E-state index in [1.54, 1.807) is 6.92 Å². The third-order valence-electron chi connectivity index (χ3n) is 3.81. The first-order chi connectivity index (χ1) is 6.25. The topological polar surface area (TPSA) is 41.6 Å². The summed E-state index contributed by atoms with van der Waals surface area (Å²) in [6.45, 7) is 1.61. The van der Waals surface area contributed by atoms with E-state index in [0.717, 1.165) is 12.3 Å². The highest BCUT2D eigenvalue weighted by Gasteiger charge is 2.59. The van der Waals surface area contributed by atoms with E-state index in [9.17, 15) is 4.79 Å². The first-order valence-corrected chi connectivity index (χ1v) is 5.18. The predicted molar refractivity (Wildman–Crippen MR) is 47.1 cm³/mol. The van der Waals surface area contributed by atoms with Crippen molar-refractivity contribution in [2.45, 2.75) is 44.4 Å². The second kappa shape index (κ2) is 2.47. The normalized spacial score (nSPS) is 51.3. The summed E-state index contributed by atoms with van der Waals surface area (Å²) in [5, 5.41) is 3.06. The number of carbonyl (C=O) groups is 1. The Hall–Kier alpha value is -0.570. The molecule has 3 fully saturated rings. The van der Waals surface area contributed by atoms with E-state index in [1.165, 1.54) is 12.8 Å². The molecule has 1 N–H and O–H groups in total. The van der Waals surface area contributed by atoms with Crippen LogP contribution >= 0.6 is 0 Å². The van der Waals surface area contributed by atoms with Gasteiger partial charge < -0.3 is 10.1 Å². The highest BCUT2D eigenvalue weighted by molar-refractivity contribution is 5.73. The molecule has 13 heavy (non-hydrogen) atoms. The smallest absolute Gasteiger partial charge is 0.217 e.